The van der Waals surface area contributed by atoms with Crippen molar-refractivity contribution in [2.75, 3.05) is 7.05 Å². The number of halogens is 2. The highest BCUT2D eigenvalue weighted by atomic mass is 35.5. The largest absolute Gasteiger partial charge is 0.309 e. The zero-order chi connectivity index (χ0) is 13.1. The van der Waals surface area contributed by atoms with Crippen molar-refractivity contribution in [2.24, 2.45) is 0 Å². The van der Waals surface area contributed by atoms with Crippen LogP contribution in [-0.2, 0) is 0 Å². The number of rotatable bonds is 3. The van der Waals surface area contributed by atoms with E-state index in [0.29, 0.717) is 10.0 Å². The summed E-state index contributed by atoms with van der Waals surface area (Å²) < 4.78 is 0. The number of hydrogen-bond donors (Lipinski definition) is 1. The molecule has 0 aliphatic rings. The third-order valence-electron chi connectivity index (χ3n) is 3.08. The molecule has 18 heavy (non-hydrogen) atoms. The van der Waals surface area contributed by atoms with Gasteiger partial charge < -0.3 is 5.32 Å². The first-order valence-electron chi connectivity index (χ1n) is 5.82. The Morgan fingerprint density at radius 2 is 1.56 bits per heavy atom. The van der Waals surface area contributed by atoms with Crippen molar-refractivity contribution in [2.45, 2.75) is 13.0 Å². The SMILES string of the molecule is CNC(c1ccccc1C)c1c(Cl)cccc1Cl. The third-order valence-corrected chi connectivity index (χ3v) is 3.74. The van der Waals surface area contributed by atoms with E-state index in [1.165, 1.54) is 11.1 Å². The smallest absolute Gasteiger partial charge is 0.0606 e. The molecule has 2 aromatic carbocycles. The fourth-order valence-corrected chi connectivity index (χ4v) is 2.77. The summed E-state index contributed by atoms with van der Waals surface area (Å²) in [6.07, 6.45) is 0. The van der Waals surface area contributed by atoms with Crippen LogP contribution >= 0.6 is 23.2 Å². The van der Waals surface area contributed by atoms with E-state index in [1.54, 1.807) is 0 Å². The van der Waals surface area contributed by atoms with Crippen LogP contribution < -0.4 is 5.32 Å². The van der Waals surface area contributed by atoms with Gasteiger partial charge in [0, 0.05) is 15.6 Å². The van der Waals surface area contributed by atoms with Crippen molar-refractivity contribution in [3.05, 3.63) is 69.2 Å². The van der Waals surface area contributed by atoms with Crippen LogP contribution in [0.5, 0.6) is 0 Å². The monoisotopic (exact) mass is 279 g/mol. The number of aryl methyl sites for hydroxylation is 1. The maximum absolute atomic E-state index is 6.28. The second-order valence-corrected chi connectivity index (χ2v) is 5.03. The summed E-state index contributed by atoms with van der Waals surface area (Å²) in [6.45, 7) is 2.09. The molecule has 0 saturated carbocycles. The topological polar surface area (TPSA) is 12.0 Å². The third kappa shape index (κ3) is 2.54. The van der Waals surface area contributed by atoms with Crippen LogP contribution in [0.25, 0.3) is 0 Å². The molecule has 0 bridgehead atoms. The molecule has 0 aromatic heterocycles. The lowest BCUT2D eigenvalue weighted by molar-refractivity contribution is 0.688. The van der Waals surface area contributed by atoms with E-state index in [-0.39, 0.29) is 6.04 Å². The van der Waals surface area contributed by atoms with Crippen LogP contribution in [-0.4, -0.2) is 7.05 Å². The van der Waals surface area contributed by atoms with Gasteiger partial charge in [-0.05, 0) is 37.2 Å². The molecule has 2 aromatic rings. The van der Waals surface area contributed by atoms with Crippen LogP contribution in [0, 0.1) is 6.92 Å². The second kappa shape index (κ2) is 5.75. The van der Waals surface area contributed by atoms with Gasteiger partial charge in [0.05, 0.1) is 6.04 Å². The second-order valence-electron chi connectivity index (χ2n) is 4.21. The molecule has 0 amide bonds. The molecule has 94 valence electrons. The minimum atomic E-state index is 0.00685. The first-order chi connectivity index (χ1) is 8.65. The first-order valence-corrected chi connectivity index (χ1v) is 6.57. The van der Waals surface area contributed by atoms with Gasteiger partial charge in [0.25, 0.3) is 0 Å². The molecular weight excluding hydrogens is 265 g/mol. The summed E-state index contributed by atoms with van der Waals surface area (Å²) in [5, 5.41) is 4.66. The van der Waals surface area contributed by atoms with Crippen LogP contribution in [0.4, 0.5) is 0 Å². The first kappa shape index (κ1) is 13.4. The van der Waals surface area contributed by atoms with Crippen LogP contribution in [0.1, 0.15) is 22.7 Å². The lowest BCUT2D eigenvalue weighted by atomic mass is 9.95. The average molecular weight is 280 g/mol. The Labute approximate surface area is 118 Å². The van der Waals surface area contributed by atoms with Crippen LogP contribution in [0.15, 0.2) is 42.5 Å². The summed E-state index contributed by atoms with van der Waals surface area (Å²) in [6, 6.07) is 13.8. The predicted molar refractivity (Wildman–Crippen MR) is 78.5 cm³/mol. The Balaban J connectivity index is 2.56. The molecule has 2 rings (SSSR count). The lowest BCUT2D eigenvalue weighted by Crippen LogP contribution is -2.19. The molecule has 3 heteroatoms. The van der Waals surface area contributed by atoms with Gasteiger partial charge in [-0.1, -0.05) is 53.5 Å². The van der Waals surface area contributed by atoms with Crippen molar-refractivity contribution in [1.82, 2.24) is 5.32 Å². The van der Waals surface area contributed by atoms with Gasteiger partial charge in [-0.3, -0.25) is 0 Å². The molecule has 0 heterocycles. The van der Waals surface area contributed by atoms with E-state index in [2.05, 4.69) is 24.4 Å². The molecule has 0 aliphatic heterocycles. The van der Waals surface area contributed by atoms with Gasteiger partial charge in [-0.2, -0.15) is 0 Å². The Morgan fingerprint density at radius 3 is 2.11 bits per heavy atom. The van der Waals surface area contributed by atoms with Crippen molar-refractivity contribution < 1.29 is 0 Å². The molecule has 0 saturated heterocycles. The van der Waals surface area contributed by atoms with E-state index in [4.69, 9.17) is 23.2 Å². The molecular formula is C15H15Cl2N. The van der Waals surface area contributed by atoms with Gasteiger partial charge in [-0.15, -0.1) is 0 Å². The Hall–Kier alpha value is -1.02. The Morgan fingerprint density at radius 1 is 0.944 bits per heavy atom. The Bertz CT molecular complexity index is 532. The number of hydrogen-bond acceptors (Lipinski definition) is 1. The van der Waals surface area contributed by atoms with E-state index >= 15 is 0 Å². The average Bonchev–Trinajstić information content (AvgIpc) is 2.35. The van der Waals surface area contributed by atoms with Crippen molar-refractivity contribution in [3.8, 4) is 0 Å². The zero-order valence-corrected chi connectivity index (χ0v) is 11.9. The minimum Gasteiger partial charge on any atom is -0.309 e. The van der Waals surface area contributed by atoms with Crippen molar-refractivity contribution in [3.63, 3.8) is 0 Å². The standard InChI is InChI=1S/C15H15Cl2N/c1-10-6-3-4-7-11(10)15(18-2)14-12(16)8-5-9-13(14)17/h3-9,15,18H,1-2H3. The normalized spacial score (nSPS) is 12.4. The van der Waals surface area contributed by atoms with Gasteiger partial charge in [0.1, 0.15) is 0 Å². The zero-order valence-electron chi connectivity index (χ0n) is 10.4. The van der Waals surface area contributed by atoms with Gasteiger partial charge in [-0.25, -0.2) is 0 Å². The molecule has 0 radical (unpaired) electrons. The van der Waals surface area contributed by atoms with E-state index in [0.717, 1.165) is 5.56 Å². The summed E-state index contributed by atoms with van der Waals surface area (Å²) >= 11 is 12.6. The molecule has 1 unspecified atom stereocenters. The molecule has 1 nitrogen and oxygen atoms in total. The quantitative estimate of drug-likeness (QED) is 0.865. The molecule has 0 aliphatic carbocycles. The maximum Gasteiger partial charge on any atom is 0.0606 e. The highest BCUT2D eigenvalue weighted by Gasteiger charge is 2.19. The molecule has 1 atom stereocenters. The fraction of sp³-hybridized carbons (Fsp3) is 0.200. The predicted octanol–water partition coefficient (Wildman–Crippen LogP) is 4.61. The van der Waals surface area contributed by atoms with Gasteiger partial charge in [0.2, 0.25) is 0 Å². The molecule has 1 N–H and O–H groups in total. The lowest BCUT2D eigenvalue weighted by Gasteiger charge is -2.21. The molecule has 0 fully saturated rings. The highest BCUT2D eigenvalue weighted by molar-refractivity contribution is 6.36. The summed E-state index contributed by atoms with van der Waals surface area (Å²) in [4.78, 5) is 0. The van der Waals surface area contributed by atoms with Gasteiger partial charge >= 0.3 is 0 Å². The number of nitrogens with one attached hydrogen (secondary N) is 1. The summed E-state index contributed by atoms with van der Waals surface area (Å²) in [5.41, 5.74) is 3.33. The van der Waals surface area contributed by atoms with E-state index in [1.807, 2.05) is 37.4 Å². The van der Waals surface area contributed by atoms with Gasteiger partial charge in [0.15, 0.2) is 0 Å². The number of benzene rings is 2. The van der Waals surface area contributed by atoms with Crippen molar-refractivity contribution in [1.29, 1.82) is 0 Å². The van der Waals surface area contributed by atoms with Crippen LogP contribution in [0.3, 0.4) is 0 Å². The Kier molecular flexibility index (Phi) is 4.28. The van der Waals surface area contributed by atoms with E-state index < -0.39 is 0 Å². The fourth-order valence-electron chi connectivity index (χ4n) is 2.15. The van der Waals surface area contributed by atoms with E-state index in [9.17, 15) is 0 Å². The summed E-state index contributed by atoms with van der Waals surface area (Å²) in [7, 11) is 1.91. The highest BCUT2D eigenvalue weighted by Crippen LogP contribution is 2.34. The maximum atomic E-state index is 6.28. The molecule has 0 spiro atoms. The van der Waals surface area contributed by atoms with Crippen LogP contribution in [0.2, 0.25) is 10.0 Å². The minimum absolute atomic E-state index is 0.00685. The van der Waals surface area contributed by atoms with Crippen molar-refractivity contribution >= 4 is 23.2 Å². The summed E-state index contributed by atoms with van der Waals surface area (Å²) in [5.74, 6) is 0.